The van der Waals surface area contributed by atoms with E-state index in [0.29, 0.717) is 11.1 Å². The number of hydrogen-bond donors (Lipinski definition) is 2. The van der Waals surface area contributed by atoms with E-state index in [0.717, 1.165) is 43.9 Å². The molecule has 0 radical (unpaired) electrons. The van der Waals surface area contributed by atoms with Crippen molar-refractivity contribution in [2.24, 2.45) is 5.73 Å². The van der Waals surface area contributed by atoms with Gasteiger partial charge in [0, 0.05) is 72.2 Å². The lowest BCUT2D eigenvalue weighted by molar-refractivity contribution is 0.0643. The normalized spacial score (nSPS) is 14.8. The molecule has 7 heteroatoms. The molecule has 0 spiro atoms. The first-order chi connectivity index (χ1) is 17.7. The fraction of sp³-hybridized carbons (Fsp3) is 0.400. The number of nitrogens with one attached hydrogen (secondary N) is 1. The van der Waals surface area contributed by atoms with Gasteiger partial charge in [-0.25, -0.2) is 0 Å². The van der Waals surface area contributed by atoms with Crippen molar-refractivity contribution in [1.82, 2.24) is 14.8 Å². The number of nitrogens with two attached hydrogens (primary N) is 1. The van der Waals surface area contributed by atoms with Gasteiger partial charge in [0.1, 0.15) is 0 Å². The molecule has 1 aliphatic heterocycles. The van der Waals surface area contributed by atoms with Gasteiger partial charge in [0.25, 0.3) is 5.91 Å². The molecule has 1 fully saturated rings. The second-order valence-electron chi connectivity index (χ2n) is 10.4. The maximum absolute atomic E-state index is 13.2. The highest BCUT2D eigenvalue weighted by molar-refractivity contribution is 5.95. The molecule has 0 aliphatic carbocycles. The van der Waals surface area contributed by atoms with Gasteiger partial charge in [-0.1, -0.05) is 6.07 Å². The smallest absolute Gasteiger partial charge is 0.254 e. The molecule has 2 heterocycles. The zero-order chi connectivity index (χ0) is 26.5. The van der Waals surface area contributed by atoms with Gasteiger partial charge in [-0.3, -0.25) is 14.5 Å². The van der Waals surface area contributed by atoms with E-state index in [-0.39, 0.29) is 24.0 Å². The van der Waals surface area contributed by atoms with Crippen LogP contribution in [-0.2, 0) is 6.54 Å². The van der Waals surface area contributed by atoms with E-state index in [4.69, 9.17) is 5.73 Å². The van der Waals surface area contributed by atoms with Gasteiger partial charge in [0.05, 0.1) is 0 Å². The van der Waals surface area contributed by atoms with E-state index >= 15 is 0 Å². The lowest BCUT2D eigenvalue weighted by atomic mass is 10.00. The lowest BCUT2D eigenvalue weighted by Crippen LogP contribution is -2.43. The standard InChI is InChI=1S/C30H39N5O2/c1-21(2)34(22(3)4)30(37)23-10-12-26(13-11-23)35(28-9-5-7-24(19-28)29(31)36)27-14-17-33(18-15-27)20-25-8-6-16-32-25/h5-13,16,19,21-22,27,32H,14-15,17-18,20H2,1-4H3,(H2,31,36). The van der Waals surface area contributed by atoms with Crippen molar-refractivity contribution in [1.29, 1.82) is 0 Å². The van der Waals surface area contributed by atoms with Gasteiger partial charge in [0.2, 0.25) is 5.91 Å². The van der Waals surface area contributed by atoms with Crippen molar-refractivity contribution in [3.05, 3.63) is 83.7 Å². The van der Waals surface area contributed by atoms with E-state index in [1.165, 1.54) is 5.69 Å². The van der Waals surface area contributed by atoms with Crippen LogP contribution in [0.5, 0.6) is 0 Å². The molecule has 7 nitrogen and oxygen atoms in total. The Morgan fingerprint density at radius 2 is 1.59 bits per heavy atom. The molecule has 0 bridgehead atoms. The summed E-state index contributed by atoms with van der Waals surface area (Å²) in [6.07, 6.45) is 3.93. The second-order valence-corrected chi connectivity index (χ2v) is 10.4. The number of benzene rings is 2. The number of carbonyl (C=O) groups excluding carboxylic acids is 2. The molecule has 3 N–H and O–H groups in total. The maximum atomic E-state index is 13.2. The summed E-state index contributed by atoms with van der Waals surface area (Å²) in [5.74, 6) is -0.401. The zero-order valence-corrected chi connectivity index (χ0v) is 22.4. The number of aromatic amines is 1. The first kappa shape index (κ1) is 26.5. The first-order valence-electron chi connectivity index (χ1n) is 13.2. The van der Waals surface area contributed by atoms with Crippen LogP contribution in [0.25, 0.3) is 0 Å². The first-order valence-corrected chi connectivity index (χ1v) is 13.2. The highest BCUT2D eigenvalue weighted by Gasteiger charge is 2.27. The maximum Gasteiger partial charge on any atom is 0.254 e. The number of carbonyl (C=O) groups is 2. The van der Waals surface area contributed by atoms with E-state index in [1.54, 1.807) is 6.07 Å². The van der Waals surface area contributed by atoms with Crippen LogP contribution in [-0.4, -0.2) is 57.8 Å². The number of H-pyrrole nitrogens is 1. The molecule has 1 saturated heterocycles. The van der Waals surface area contributed by atoms with E-state index in [2.05, 4.69) is 20.9 Å². The predicted octanol–water partition coefficient (Wildman–Crippen LogP) is 5.18. The van der Waals surface area contributed by atoms with Gasteiger partial charge in [0.15, 0.2) is 0 Å². The number of likely N-dealkylation sites (tertiary alicyclic amines) is 1. The third-order valence-corrected chi connectivity index (χ3v) is 7.13. The fourth-order valence-corrected chi connectivity index (χ4v) is 5.40. The fourth-order valence-electron chi connectivity index (χ4n) is 5.40. The summed E-state index contributed by atoms with van der Waals surface area (Å²) >= 11 is 0. The monoisotopic (exact) mass is 501 g/mol. The molecule has 0 saturated carbocycles. The van der Waals surface area contributed by atoms with Crippen LogP contribution in [0.2, 0.25) is 0 Å². The number of primary amides is 1. The average Bonchev–Trinajstić information content (AvgIpc) is 3.38. The van der Waals surface area contributed by atoms with Gasteiger partial charge >= 0.3 is 0 Å². The largest absolute Gasteiger partial charge is 0.366 e. The summed E-state index contributed by atoms with van der Waals surface area (Å²) in [6, 6.07) is 20.1. The van der Waals surface area contributed by atoms with Crippen LogP contribution < -0.4 is 10.6 Å². The number of hydrogen-bond acceptors (Lipinski definition) is 4. The Morgan fingerprint density at radius 3 is 2.16 bits per heavy atom. The minimum absolute atomic E-state index is 0.0384. The van der Waals surface area contributed by atoms with Crippen molar-refractivity contribution >= 4 is 23.2 Å². The van der Waals surface area contributed by atoms with E-state index in [9.17, 15) is 9.59 Å². The third-order valence-electron chi connectivity index (χ3n) is 7.13. The van der Waals surface area contributed by atoms with Crippen LogP contribution in [0.15, 0.2) is 66.9 Å². The van der Waals surface area contributed by atoms with Gasteiger partial charge in [-0.15, -0.1) is 0 Å². The Labute approximate surface area is 220 Å². The van der Waals surface area contributed by atoms with Crippen LogP contribution in [0.3, 0.4) is 0 Å². The summed E-state index contributed by atoms with van der Waals surface area (Å²) in [4.78, 5) is 35.1. The highest BCUT2D eigenvalue weighted by Crippen LogP contribution is 2.33. The molecule has 2 amide bonds. The molecular formula is C30H39N5O2. The predicted molar refractivity (Wildman–Crippen MR) is 149 cm³/mol. The molecule has 2 aromatic carbocycles. The van der Waals surface area contributed by atoms with Crippen LogP contribution in [0.1, 0.15) is 66.9 Å². The second kappa shape index (κ2) is 11.6. The summed E-state index contributed by atoms with van der Waals surface area (Å²) in [5, 5.41) is 0. The summed E-state index contributed by atoms with van der Waals surface area (Å²) in [6.45, 7) is 11.0. The number of aromatic nitrogens is 1. The quantitative estimate of drug-likeness (QED) is 0.423. The topological polar surface area (TPSA) is 85.7 Å². The molecule has 0 atom stereocenters. The van der Waals surface area contributed by atoms with Crippen molar-refractivity contribution in [3.8, 4) is 0 Å². The van der Waals surface area contributed by atoms with Crippen molar-refractivity contribution in [3.63, 3.8) is 0 Å². The Morgan fingerprint density at radius 1 is 0.919 bits per heavy atom. The molecule has 37 heavy (non-hydrogen) atoms. The third kappa shape index (κ3) is 6.23. The van der Waals surface area contributed by atoms with Crippen LogP contribution in [0, 0.1) is 0 Å². The lowest BCUT2D eigenvalue weighted by Gasteiger charge is -2.40. The number of piperidine rings is 1. The van der Waals surface area contributed by atoms with Crippen molar-refractivity contribution in [2.45, 2.75) is 65.2 Å². The Kier molecular flexibility index (Phi) is 8.34. The minimum atomic E-state index is -0.439. The number of anilines is 2. The molecule has 4 rings (SSSR count). The van der Waals surface area contributed by atoms with Gasteiger partial charge in [-0.2, -0.15) is 0 Å². The Hall–Kier alpha value is -3.58. The van der Waals surface area contributed by atoms with Crippen molar-refractivity contribution in [2.75, 3.05) is 18.0 Å². The van der Waals surface area contributed by atoms with E-state index in [1.807, 2.05) is 87.3 Å². The number of amides is 2. The Balaban J connectivity index is 1.59. The number of rotatable bonds is 9. The van der Waals surface area contributed by atoms with Gasteiger partial charge in [-0.05, 0) is 95.1 Å². The molecule has 196 valence electrons. The Bertz CT molecular complexity index is 1170. The highest BCUT2D eigenvalue weighted by atomic mass is 16.2. The van der Waals surface area contributed by atoms with Crippen LogP contribution >= 0.6 is 0 Å². The molecule has 1 aliphatic rings. The number of nitrogens with zero attached hydrogens (tertiary/aromatic N) is 3. The molecule has 1 aromatic heterocycles. The summed E-state index contributed by atoms with van der Waals surface area (Å²) < 4.78 is 0. The summed E-state index contributed by atoms with van der Waals surface area (Å²) in [7, 11) is 0. The average molecular weight is 502 g/mol. The van der Waals surface area contributed by atoms with Crippen LogP contribution in [0.4, 0.5) is 11.4 Å². The van der Waals surface area contributed by atoms with E-state index < -0.39 is 5.91 Å². The SMILES string of the molecule is CC(C)N(C(=O)c1ccc(N(c2cccc(C(N)=O)c2)C2CCN(Cc3ccc[nH]3)CC2)cc1)C(C)C. The van der Waals surface area contributed by atoms with Crippen molar-refractivity contribution < 1.29 is 9.59 Å². The molecule has 3 aromatic rings. The zero-order valence-electron chi connectivity index (χ0n) is 22.4. The molecular weight excluding hydrogens is 462 g/mol. The summed E-state index contributed by atoms with van der Waals surface area (Å²) in [5.41, 5.74) is 9.93. The molecule has 0 unspecified atom stereocenters. The minimum Gasteiger partial charge on any atom is -0.366 e. The van der Waals surface area contributed by atoms with Gasteiger partial charge < -0.3 is 20.5 Å².